The molecule has 1 aliphatic heterocycles. The lowest BCUT2D eigenvalue weighted by molar-refractivity contribution is 0.0758. The van der Waals surface area contributed by atoms with Gasteiger partial charge in [0, 0.05) is 30.5 Å². The highest BCUT2D eigenvalue weighted by Crippen LogP contribution is 2.23. The molecule has 1 aromatic carbocycles. The molecule has 1 fully saturated rings. The first-order chi connectivity index (χ1) is 8.72. The minimum absolute atomic E-state index is 0.244. The van der Waals surface area contributed by atoms with E-state index in [0.29, 0.717) is 6.42 Å². The van der Waals surface area contributed by atoms with E-state index in [4.69, 9.17) is 4.74 Å². The van der Waals surface area contributed by atoms with Crippen LogP contribution < -0.4 is 4.74 Å². The molecular formula is C14H21NO2S. The second-order valence-corrected chi connectivity index (χ2v) is 5.86. The van der Waals surface area contributed by atoms with E-state index < -0.39 is 0 Å². The molecular weight excluding hydrogens is 246 g/mol. The minimum Gasteiger partial charge on any atom is -0.496 e. The molecule has 0 radical (unpaired) electrons. The Hall–Kier alpha value is -0.710. The predicted octanol–water partition coefficient (Wildman–Crippen LogP) is 1.65. The van der Waals surface area contributed by atoms with Crippen molar-refractivity contribution in [2.45, 2.75) is 18.6 Å². The Bertz CT molecular complexity index is 386. The zero-order valence-electron chi connectivity index (χ0n) is 11.0. The Morgan fingerprint density at radius 1 is 1.50 bits per heavy atom. The molecule has 1 heterocycles. The second kappa shape index (κ2) is 6.45. The van der Waals surface area contributed by atoms with Gasteiger partial charge in [-0.1, -0.05) is 18.2 Å². The maximum Gasteiger partial charge on any atom is 0.122 e. The maximum absolute atomic E-state index is 10.4. The van der Waals surface area contributed by atoms with Gasteiger partial charge < -0.3 is 9.84 Å². The summed E-state index contributed by atoms with van der Waals surface area (Å²) in [6.07, 6.45) is 0.318. The maximum atomic E-state index is 10.4. The van der Waals surface area contributed by atoms with Gasteiger partial charge in [0.15, 0.2) is 0 Å². The summed E-state index contributed by atoms with van der Waals surface area (Å²) in [6.45, 7) is 1.05. The van der Waals surface area contributed by atoms with Gasteiger partial charge in [-0.3, -0.25) is 4.90 Å². The first-order valence-corrected chi connectivity index (χ1v) is 7.45. The molecule has 4 heteroatoms. The van der Waals surface area contributed by atoms with Crippen LogP contribution in [0.25, 0.3) is 0 Å². The highest BCUT2D eigenvalue weighted by atomic mass is 32.2. The normalized spacial score (nSPS) is 22.7. The van der Waals surface area contributed by atoms with Crippen molar-refractivity contribution in [2.75, 3.05) is 32.2 Å². The highest BCUT2D eigenvalue weighted by molar-refractivity contribution is 7.99. The third-order valence-corrected chi connectivity index (χ3v) is 4.56. The van der Waals surface area contributed by atoms with Crippen molar-refractivity contribution in [3.8, 4) is 5.75 Å². The lowest BCUT2D eigenvalue weighted by Crippen LogP contribution is -2.47. The van der Waals surface area contributed by atoms with E-state index in [2.05, 4.69) is 11.9 Å². The average Bonchev–Trinajstić information content (AvgIpc) is 2.39. The van der Waals surface area contributed by atoms with E-state index in [9.17, 15) is 5.11 Å². The number of benzene rings is 1. The Morgan fingerprint density at radius 3 is 3.00 bits per heavy atom. The number of rotatable bonds is 4. The molecule has 2 rings (SSSR count). The lowest BCUT2D eigenvalue weighted by atomic mass is 10.0. The summed E-state index contributed by atoms with van der Waals surface area (Å²) in [6, 6.07) is 8.16. The number of ether oxygens (including phenoxy) is 1. The fourth-order valence-electron chi connectivity index (χ4n) is 2.34. The second-order valence-electron chi connectivity index (χ2n) is 4.71. The number of methoxy groups -OCH3 is 1. The van der Waals surface area contributed by atoms with Gasteiger partial charge in [0.05, 0.1) is 13.2 Å². The Labute approximate surface area is 113 Å². The van der Waals surface area contributed by atoms with Gasteiger partial charge in [0.25, 0.3) is 0 Å². The van der Waals surface area contributed by atoms with Crippen molar-refractivity contribution in [1.82, 2.24) is 4.90 Å². The minimum atomic E-state index is -0.334. The van der Waals surface area contributed by atoms with Crippen LogP contribution in [0, 0.1) is 0 Å². The number of aliphatic hydroxyl groups is 1. The van der Waals surface area contributed by atoms with Gasteiger partial charge in [0.1, 0.15) is 5.75 Å². The third-order valence-electron chi connectivity index (χ3n) is 3.51. The molecule has 2 atom stereocenters. The molecule has 2 unspecified atom stereocenters. The molecule has 1 aliphatic rings. The van der Waals surface area contributed by atoms with Gasteiger partial charge in [-0.2, -0.15) is 11.8 Å². The first kappa shape index (κ1) is 13.7. The van der Waals surface area contributed by atoms with Crippen LogP contribution >= 0.6 is 11.8 Å². The van der Waals surface area contributed by atoms with Gasteiger partial charge >= 0.3 is 0 Å². The van der Waals surface area contributed by atoms with Crippen molar-refractivity contribution in [1.29, 1.82) is 0 Å². The van der Waals surface area contributed by atoms with Gasteiger partial charge in [-0.25, -0.2) is 0 Å². The summed E-state index contributed by atoms with van der Waals surface area (Å²) >= 11 is 1.92. The van der Waals surface area contributed by atoms with Gasteiger partial charge in [-0.15, -0.1) is 0 Å². The van der Waals surface area contributed by atoms with E-state index in [1.54, 1.807) is 7.11 Å². The quantitative estimate of drug-likeness (QED) is 0.899. The molecule has 0 saturated carbocycles. The Morgan fingerprint density at radius 2 is 2.28 bits per heavy atom. The lowest BCUT2D eigenvalue weighted by Gasteiger charge is -2.35. The Balaban J connectivity index is 2.03. The standard InChI is InChI=1S/C14H21NO2S/c1-15-7-8-18-10-12(15)13(16)9-11-5-3-4-6-14(11)17-2/h3-6,12-13,16H,7-10H2,1-2H3. The average molecular weight is 267 g/mol. The highest BCUT2D eigenvalue weighted by Gasteiger charge is 2.27. The molecule has 100 valence electrons. The number of hydrogen-bond donors (Lipinski definition) is 1. The zero-order valence-corrected chi connectivity index (χ0v) is 11.8. The number of hydrogen-bond acceptors (Lipinski definition) is 4. The molecule has 0 aromatic heterocycles. The smallest absolute Gasteiger partial charge is 0.122 e. The van der Waals surface area contributed by atoms with Crippen LogP contribution in [0.4, 0.5) is 0 Å². The van der Waals surface area contributed by atoms with E-state index in [0.717, 1.165) is 29.4 Å². The summed E-state index contributed by atoms with van der Waals surface area (Å²) in [5.41, 5.74) is 1.08. The van der Waals surface area contributed by atoms with Crippen molar-refractivity contribution < 1.29 is 9.84 Å². The van der Waals surface area contributed by atoms with E-state index in [-0.39, 0.29) is 12.1 Å². The molecule has 1 aromatic rings. The van der Waals surface area contributed by atoms with Gasteiger partial charge in [0.2, 0.25) is 0 Å². The number of thioether (sulfide) groups is 1. The number of para-hydroxylation sites is 1. The van der Waals surface area contributed by atoms with E-state index >= 15 is 0 Å². The van der Waals surface area contributed by atoms with Crippen molar-refractivity contribution >= 4 is 11.8 Å². The van der Waals surface area contributed by atoms with Crippen LogP contribution in [0.5, 0.6) is 5.75 Å². The summed E-state index contributed by atoms with van der Waals surface area (Å²) in [5.74, 6) is 3.03. The van der Waals surface area contributed by atoms with E-state index in [1.807, 2.05) is 36.0 Å². The largest absolute Gasteiger partial charge is 0.496 e. The van der Waals surface area contributed by atoms with Crippen LogP contribution in [0.15, 0.2) is 24.3 Å². The van der Waals surface area contributed by atoms with Crippen LogP contribution in [0.1, 0.15) is 5.56 Å². The number of aliphatic hydroxyl groups excluding tert-OH is 1. The third kappa shape index (κ3) is 3.19. The SMILES string of the molecule is COc1ccccc1CC(O)C1CSCCN1C. The van der Waals surface area contributed by atoms with Gasteiger partial charge in [-0.05, 0) is 18.7 Å². The summed E-state index contributed by atoms with van der Waals surface area (Å²) in [4.78, 5) is 2.26. The summed E-state index contributed by atoms with van der Waals surface area (Å²) in [7, 11) is 3.77. The molecule has 0 bridgehead atoms. The van der Waals surface area contributed by atoms with Crippen molar-refractivity contribution in [3.63, 3.8) is 0 Å². The Kier molecular flexibility index (Phi) is 4.92. The summed E-state index contributed by atoms with van der Waals surface area (Å²) in [5, 5.41) is 10.4. The topological polar surface area (TPSA) is 32.7 Å². The van der Waals surface area contributed by atoms with Crippen LogP contribution in [-0.2, 0) is 6.42 Å². The fraction of sp³-hybridized carbons (Fsp3) is 0.571. The van der Waals surface area contributed by atoms with Crippen LogP contribution in [0.3, 0.4) is 0 Å². The molecule has 18 heavy (non-hydrogen) atoms. The number of nitrogens with zero attached hydrogens (tertiary/aromatic N) is 1. The molecule has 3 nitrogen and oxygen atoms in total. The molecule has 0 amide bonds. The zero-order chi connectivity index (χ0) is 13.0. The molecule has 1 N–H and O–H groups in total. The number of likely N-dealkylation sites (N-methyl/N-ethyl adjacent to an activating group) is 1. The van der Waals surface area contributed by atoms with E-state index in [1.165, 1.54) is 0 Å². The monoisotopic (exact) mass is 267 g/mol. The van der Waals surface area contributed by atoms with Crippen molar-refractivity contribution in [2.24, 2.45) is 0 Å². The summed E-state index contributed by atoms with van der Waals surface area (Å²) < 4.78 is 5.33. The fourth-order valence-corrected chi connectivity index (χ4v) is 3.65. The van der Waals surface area contributed by atoms with Crippen molar-refractivity contribution in [3.05, 3.63) is 29.8 Å². The molecule has 0 aliphatic carbocycles. The van der Waals surface area contributed by atoms with Crippen LogP contribution in [-0.4, -0.2) is 54.4 Å². The molecule has 0 spiro atoms. The predicted molar refractivity (Wildman–Crippen MR) is 76.4 cm³/mol. The first-order valence-electron chi connectivity index (χ1n) is 6.30. The van der Waals surface area contributed by atoms with Crippen LogP contribution in [0.2, 0.25) is 0 Å². The molecule has 1 saturated heterocycles.